The standard InChI is InChI=1S/C12H14.4C11H12O.3C10H11NO.3C10H11NS/c1-9(2)11-7-6-10-4-3-5-12(10)8-11;2*1-8(2)9-3-4-11-10(7-9)5-6-12-11;2*1-8(2)10-4-3-9-5-6-12-11(9)7-10;1-7(2)8-3-4-10-9(5-8)11-6-12-10;2*1-7(2)8-3-4-9-10(5-8)12-6-11-9;1-7(2)8-3-4-10-9(5-8)11-6-12-10;2*1-7(2)8-3-4-9-10(5-8)12-6-11-9/h3,5-9H,4H2,1-2H3;4*3-8H,1-2H3;6*3-7H,1-2H3. The van der Waals surface area contributed by atoms with Gasteiger partial charge >= 0.3 is 0 Å². The Morgan fingerprint density at radius 2 is 0.508 bits per heavy atom. The number of thiazole rings is 3. The topological polar surface area (TPSA) is 169 Å². The van der Waals surface area contributed by atoms with Gasteiger partial charge in [-0.1, -0.05) is 255 Å². The third kappa shape index (κ3) is 27.5. The van der Waals surface area contributed by atoms with Crippen LogP contribution in [0.4, 0.5) is 0 Å². The van der Waals surface area contributed by atoms with Gasteiger partial charge in [0.1, 0.15) is 38.9 Å². The van der Waals surface area contributed by atoms with Crippen LogP contribution in [0.3, 0.4) is 0 Å². The first-order valence-electron chi connectivity index (χ1n) is 46.2. The number of benzene rings is 11. The number of aromatic nitrogens is 6. The van der Waals surface area contributed by atoms with Gasteiger partial charge in [0.05, 0.1) is 72.2 Å². The molecule has 0 saturated carbocycles. The largest absolute Gasteiger partial charge is 0.464 e. The van der Waals surface area contributed by atoms with Crippen LogP contribution in [0.15, 0.2) is 322 Å². The molecule has 0 spiro atoms. The summed E-state index contributed by atoms with van der Waals surface area (Å²) < 4.78 is 40.5. The van der Waals surface area contributed by atoms with Crippen molar-refractivity contribution in [2.75, 3.05) is 0 Å². The van der Waals surface area contributed by atoms with E-state index in [0.717, 1.165) is 78.6 Å². The second-order valence-electron chi connectivity index (χ2n) is 36.6. The van der Waals surface area contributed by atoms with E-state index in [1.807, 2.05) is 83.3 Å². The van der Waals surface area contributed by atoms with Crippen LogP contribution in [-0.4, -0.2) is 29.9 Å². The minimum Gasteiger partial charge on any atom is -0.464 e. The highest BCUT2D eigenvalue weighted by atomic mass is 32.1. The SMILES string of the molecule is CC(C)c1ccc2c(c1)C=CC2.CC(C)c1ccc2ccoc2c1.CC(C)c1ccc2ccoc2c1.CC(C)c1ccc2ncoc2c1.CC(C)c1ccc2ncoc2c1.CC(C)c1ccc2ncsc2c1.CC(C)c1ccc2ncsc2c1.CC(C)c1ccc2occc2c1.CC(C)c1ccc2occc2c1.CC(C)c1ccc2ocnc2c1.CC(C)c1ccc2scnc2c1. The number of hydrogen-bond acceptors (Lipinski definition) is 16. The van der Waals surface area contributed by atoms with E-state index in [9.17, 15) is 0 Å². The van der Waals surface area contributed by atoms with Crippen LogP contribution < -0.4 is 0 Å². The van der Waals surface area contributed by atoms with Crippen LogP contribution in [0.2, 0.25) is 0 Å². The summed E-state index contributed by atoms with van der Waals surface area (Å²) in [7, 11) is 0. The van der Waals surface area contributed by atoms with Crippen LogP contribution in [0.5, 0.6) is 0 Å². The summed E-state index contributed by atoms with van der Waals surface area (Å²) in [6.07, 6.45) is 16.9. The smallest absolute Gasteiger partial charge is 0.181 e. The molecule has 0 fully saturated rings. The molecule has 0 amide bonds. The lowest BCUT2D eigenvalue weighted by atomic mass is 9.99. The molecule has 21 aromatic rings. The minimum absolute atomic E-state index is 0.541. The van der Waals surface area contributed by atoms with E-state index in [2.05, 4.69) is 352 Å². The molecule has 22 rings (SSSR count). The molecule has 1 aliphatic rings. The van der Waals surface area contributed by atoms with Crippen molar-refractivity contribution in [2.45, 2.75) is 224 Å². The lowest BCUT2D eigenvalue weighted by molar-refractivity contribution is 0.601. The van der Waals surface area contributed by atoms with Gasteiger partial charge in [-0.2, -0.15) is 0 Å². The molecular formula is C116H128N6O7S3. The Balaban J connectivity index is 0.000000131. The maximum absolute atomic E-state index is 5.31. The van der Waals surface area contributed by atoms with Crippen LogP contribution in [0.1, 0.15) is 290 Å². The Morgan fingerprint density at radius 3 is 0.932 bits per heavy atom. The zero-order chi connectivity index (χ0) is 94.1. The van der Waals surface area contributed by atoms with Gasteiger partial charge in [0.15, 0.2) is 35.9 Å². The van der Waals surface area contributed by atoms with Crippen molar-refractivity contribution >= 4 is 148 Å². The highest BCUT2D eigenvalue weighted by Gasteiger charge is 2.13. The van der Waals surface area contributed by atoms with Crippen LogP contribution >= 0.6 is 34.0 Å². The average molecular weight is 1810 g/mol. The van der Waals surface area contributed by atoms with Crippen LogP contribution in [-0.2, 0) is 6.42 Å². The highest BCUT2D eigenvalue weighted by molar-refractivity contribution is 7.17. The fraction of sp³-hybridized carbons (Fsp3) is 0.293. The summed E-state index contributed by atoms with van der Waals surface area (Å²) in [6.45, 7) is 48.2. The number of rotatable bonds is 11. The predicted molar refractivity (Wildman–Crippen MR) is 560 cm³/mol. The molecule has 11 aromatic carbocycles. The van der Waals surface area contributed by atoms with Crippen LogP contribution in [0.25, 0.3) is 114 Å². The van der Waals surface area contributed by atoms with E-state index in [4.69, 9.17) is 30.9 Å². The molecular weight excluding hydrogens is 1690 g/mol. The number of hydrogen-bond donors (Lipinski definition) is 0. The summed E-state index contributed by atoms with van der Waals surface area (Å²) in [5, 5.41) is 4.75. The van der Waals surface area contributed by atoms with Crippen molar-refractivity contribution in [3.05, 3.63) is 364 Å². The number of oxazole rings is 3. The second-order valence-corrected chi connectivity index (χ2v) is 39.3. The molecule has 13 nitrogen and oxygen atoms in total. The van der Waals surface area contributed by atoms with Gasteiger partial charge in [-0.15, -0.1) is 34.0 Å². The van der Waals surface area contributed by atoms with Crippen molar-refractivity contribution < 1.29 is 30.9 Å². The lowest BCUT2D eigenvalue weighted by Crippen LogP contribution is -1.89. The van der Waals surface area contributed by atoms with Gasteiger partial charge in [-0.25, -0.2) is 29.9 Å². The number of furan rings is 4. The van der Waals surface area contributed by atoms with E-state index >= 15 is 0 Å². The van der Waals surface area contributed by atoms with Crippen molar-refractivity contribution in [1.29, 1.82) is 0 Å². The zero-order valence-electron chi connectivity index (χ0n) is 80.6. The molecule has 0 bridgehead atoms. The predicted octanol–water partition coefficient (Wildman–Crippen LogP) is 36.7. The van der Waals surface area contributed by atoms with E-state index in [-0.39, 0.29) is 0 Å². The van der Waals surface area contributed by atoms with Gasteiger partial charge in [0.2, 0.25) is 0 Å². The van der Waals surface area contributed by atoms with Crippen molar-refractivity contribution in [1.82, 2.24) is 29.9 Å². The Kier molecular flexibility index (Phi) is 35.4. The van der Waals surface area contributed by atoms with Gasteiger partial charge in [-0.05, 0) is 277 Å². The number of fused-ring (bicyclic) bond motifs is 11. The molecule has 0 saturated heterocycles. The van der Waals surface area contributed by atoms with Gasteiger partial charge in [0, 0.05) is 21.5 Å². The Morgan fingerprint density at radius 1 is 0.212 bits per heavy atom. The zero-order valence-corrected chi connectivity index (χ0v) is 83.1. The molecule has 0 unspecified atom stereocenters. The molecule has 0 radical (unpaired) electrons. The molecule has 682 valence electrons. The summed E-state index contributed by atoms with van der Waals surface area (Å²) in [6, 6.07) is 78.1. The fourth-order valence-corrected chi connectivity index (χ4v) is 16.5. The average Bonchev–Trinajstić information content (AvgIpc) is 1.78. The maximum Gasteiger partial charge on any atom is 0.181 e. The molecule has 16 heteroatoms. The number of nitrogens with zero attached hydrogens (tertiary/aromatic N) is 6. The first-order chi connectivity index (χ1) is 63.5. The Labute approximate surface area is 790 Å². The highest BCUT2D eigenvalue weighted by Crippen LogP contribution is 2.32. The van der Waals surface area contributed by atoms with E-state index in [1.54, 1.807) is 59.1 Å². The second kappa shape index (κ2) is 47.5. The van der Waals surface area contributed by atoms with Gasteiger partial charge in [0.25, 0.3) is 0 Å². The third-order valence-electron chi connectivity index (χ3n) is 23.2. The normalized spacial score (nSPS) is 11.5. The molecule has 0 atom stereocenters. The maximum atomic E-state index is 5.31. The summed E-state index contributed by atoms with van der Waals surface area (Å²) in [5.41, 5.74) is 36.2. The lowest BCUT2D eigenvalue weighted by Gasteiger charge is -2.07. The van der Waals surface area contributed by atoms with Gasteiger partial charge < -0.3 is 30.9 Å². The monoisotopic (exact) mass is 1810 g/mol. The third-order valence-corrected chi connectivity index (χ3v) is 25.6. The first-order valence-corrected chi connectivity index (χ1v) is 48.8. The molecule has 0 aliphatic heterocycles. The summed E-state index contributed by atoms with van der Waals surface area (Å²) in [4.78, 5) is 25.0. The summed E-state index contributed by atoms with van der Waals surface area (Å²) >= 11 is 5.11. The van der Waals surface area contributed by atoms with E-state index in [1.165, 1.54) is 127 Å². The molecule has 0 N–H and O–H groups in total. The Bertz CT molecular complexity index is 5840. The van der Waals surface area contributed by atoms with Crippen LogP contribution in [0, 0.1) is 0 Å². The number of allylic oxidation sites excluding steroid dienone is 1. The van der Waals surface area contributed by atoms with Crippen molar-refractivity contribution in [2.24, 2.45) is 0 Å². The van der Waals surface area contributed by atoms with E-state index in [0.29, 0.717) is 65.1 Å². The molecule has 132 heavy (non-hydrogen) atoms. The molecule has 10 aromatic heterocycles. The van der Waals surface area contributed by atoms with Crippen molar-refractivity contribution in [3.63, 3.8) is 0 Å². The quantitative estimate of drug-likeness (QED) is 0.120. The van der Waals surface area contributed by atoms with Crippen molar-refractivity contribution in [3.8, 4) is 0 Å². The van der Waals surface area contributed by atoms with Gasteiger partial charge in [-0.3, -0.25) is 0 Å². The fourth-order valence-electron chi connectivity index (χ4n) is 14.4. The minimum atomic E-state index is 0.541. The first kappa shape index (κ1) is 98.4. The summed E-state index contributed by atoms with van der Waals surface area (Å²) in [5.74, 6) is 6.39. The molecule has 10 heterocycles. The van der Waals surface area contributed by atoms with E-state index < -0.39 is 0 Å². The Hall–Kier alpha value is -12.6. The molecule has 1 aliphatic carbocycles.